The molecule has 6 atom stereocenters. The van der Waals surface area contributed by atoms with Crippen LogP contribution in [0.3, 0.4) is 0 Å². The summed E-state index contributed by atoms with van der Waals surface area (Å²) in [4.78, 5) is 58.0. The van der Waals surface area contributed by atoms with Gasteiger partial charge in [-0.1, -0.05) is 0 Å². The number of aliphatic hydroxyl groups excluding tert-OH is 2. The number of rotatable bonds is 12. The fourth-order valence-corrected chi connectivity index (χ4v) is 2.06. The average molecular weight is 420 g/mol. The van der Waals surface area contributed by atoms with E-state index in [1.807, 2.05) is 0 Å². The topological polar surface area (TPSA) is 228 Å². The first kappa shape index (κ1) is 26.2. The van der Waals surface area contributed by atoms with E-state index in [4.69, 9.17) is 15.9 Å². The van der Waals surface area contributed by atoms with Crippen LogP contribution in [0.2, 0.25) is 0 Å². The number of aliphatic hydroxyl groups is 2. The van der Waals surface area contributed by atoms with Gasteiger partial charge >= 0.3 is 11.9 Å². The first-order valence-electron chi connectivity index (χ1n) is 8.75. The van der Waals surface area contributed by atoms with Crippen molar-refractivity contribution in [2.45, 2.75) is 70.0 Å². The van der Waals surface area contributed by atoms with Gasteiger partial charge in [-0.25, -0.2) is 4.79 Å². The van der Waals surface area contributed by atoms with Crippen LogP contribution >= 0.6 is 0 Å². The molecule has 0 aromatic rings. The minimum Gasteiger partial charge on any atom is -0.481 e. The van der Waals surface area contributed by atoms with Crippen molar-refractivity contribution in [2.75, 3.05) is 0 Å². The molecule has 0 aliphatic rings. The molecule has 0 bridgehead atoms. The summed E-state index contributed by atoms with van der Waals surface area (Å²) in [6, 6.07) is -5.59. The molecule has 0 aliphatic heterocycles. The normalized spacial score (nSPS) is 17.0. The number of amides is 3. The molecule has 0 saturated heterocycles. The first-order valence-corrected chi connectivity index (χ1v) is 8.75. The number of carboxylic acids is 2. The van der Waals surface area contributed by atoms with Crippen LogP contribution in [-0.2, 0) is 24.0 Å². The zero-order valence-corrected chi connectivity index (χ0v) is 16.3. The highest BCUT2D eigenvalue weighted by Crippen LogP contribution is 2.01. The van der Waals surface area contributed by atoms with Gasteiger partial charge in [0.05, 0.1) is 12.2 Å². The Labute approximate surface area is 166 Å². The van der Waals surface area contributed by atoms with Crippen molar-refractivity contribution in [1.82, 2.24) is 16.0 Å². The summed E-state index contributed by atoms with van der Waals surface area (Å²) in [5.41, 5.74) is 5.45. The fraction of sp³-hybridized carbons (Fsp3) is 0.688. The molecule has 0 aromatic heterocycles. The number of carboxylic acid groups (broad SMARTS) is 2. The molecule has 0 saturated carbocycles. The number of carbonyl (C=O) groups excluding carboxylic acids is 3. The lowest BCUT2D eigenvalue weighted by Crippen LogP contribution is -2.60. The minimum atomic E-state index is -1.50. The average Bonchev–Trinajstić information content (AvgIpc) is 2.60. The Kier molecular flexibility index (Phi) is 10.8. The number of hydrogen-bond acceptors (Lipinski definition) is 8. The van der Waals surface area contributed by atoms with Crippen molar-refractivity contribution in [3.63, 3.8) is 0 Å². The van der Waals surface area contributed by atoms with E-state index >= 15 is 0 Å². The van der Waals surface area contributed by atoms with E-state index in [2.05, 4.69) is 16.0 Å². The third-order valence-electron chi connectivity index (χ3n) is 3.90. The minimum absolute atomic E-state index is 0.360. The lowest BCUT2D eigenvalue weighted by molar-refractivity contribution is -0.143. The number of nitrogens with one attached hydrogen (secondary N) is 3. The SMILES string of the molecule is CC(NC(=O)C(NC(=O)C(N)C(C)O)C(C)O)C(=O)NC(CCC(=O)O)C(=O)O. The summed E-state index contributed by atoms with van der Waals surface area (Å²) in [7, 11) is 0. The van der Waals surface area contributed by atoms with Crippen molar-refractivity contribution in [3.8, 4) is 0 Å². The Balaban J connectivity index is 4.99. The van der Waals surface area contributed by atoms with E-state index in [9.17, 15) is 34.2 Å². The van der Waals surface area contributed by atoms with Gasteiger partial charge in [0.2, 0.25) is 17.7 Å². The zero-order valence-electron chi connectivity index (χ0n) is 16.3. The summed E-state index contributed by atoms with van der Waals surface area (Å²) in [6.45, 7) is 3.69. The van der Waals surface area contributed by atoms with Gasteiger partial charge in [0.15, 0.2) is 0 Å². The van der Waals surface area contributed by atoms with Gasteiger partial charge in [0.1, 0.15) is 24.2 Å². The lowest BCUT2D eigenvalue weighted by Gasteiger charge is -2.25. The van der Waals surface area contributed by atoms with Crippen LogP contribution in [0, 0.1) is 0 Å². The Morgan fingerprint density at radius 2 is 1.38 bits per heavy atom. The number of carbonyl (C=O) groups is 5. The Morgan fingerprint density at radius 1 is 0.828 bits per heavy atom. The molecule has 0 rings (SSSR count). The maximum atomic E-state index is 12.3. The molecule has 6 unspecified atom stereocenters. The highest BCUT2D eigenvalue weighted by molar-refractivity contribution is 5.94. The standard InChI is InChI=1S/C16H28N4O9/c1-6(13(25)19-9(16(28)29)4-5-10(23)24)18-15(27)12(8(3)22)20-14(26)11(17)7(2)21/h6-9,11-12,21-22H,4-5,17H2,1-3H3,(H,18,27)(H,19,25)(H,20,26)(H,23,24)(H,28,29). The highest BCUT2D eigenvalue weighted by atomic mass is 16.4. The molecule has 0 heterocycles. The van der Waals surface area contributed by atoms with Crippen LogP contribution in [-0.4, -0.2) is 86.5 Å². The largest absolute Gasteiger partial charge is 0.481 e. The third kappa shape index (κ3) is 9.32. The van der Waals surface area contributed by atoms with Gasteiger partial charge in [-0.15, -0.1) is 0 Å². The summed E-state index contributed by atoms with van der Waals surface area (Å²) in [5, 5.41) is 43.2. The molecule has 0 aromatic carbocycles. The summed E-state index contributed by atoms with van der Waals surface area (Å²) >= 11 is 0. The van der Waals surface area contributed by atoms with E-state index in [1.54, 1.807) is 0 Å². The van der Waals surface area contributed by atoms with Gasteiger partial charge in [-0.05, 0) is 27.2 Å². The number of hydrogen-bond donors (Lipinski definition) is 8. The molecule has 9 N–H and O–H groups in total. The van der Waals surface area contributed by atoms with E-state index in [0.717, 1.165) is 0 Å². The van der Waals surface area contributed by atoms with Gasteiger partial charge in [-0.3, -0.25) is 19.2 Å². The van der Waals surface area contributed by atoms with Crippen molar-refractivity contribution < 1.29 is 44.4 Å². The molecular formula is C16H28N4O9. The number of nitrogens with two attached hydrogens (primary N) is 1. The predicted octanol–water partition coefficient (Wildman–Crippen LogP) is -3.50. The molecule has 3 amide bonds. The molecule has 13 nitrogen and oxygen atoms in total. The Morgan fingerprint density at radius 3 is 1.79 bits per heavy atom. The van der Waals surface area contributed by atoms with E-state index < -0.39 is 72.5 Å². The van der Waals surface area contributed by atoms with Gasteiger partial charge < -0.3 is 42.1 Å². The second kappa shape index (κ2) is 11.9. The molecule has 0 radical (unpaired) electrons. The first-order chi connectivity index (χ1) is 13.3. The van der Waals surface area contributed by atoms with Crippen LogP contribution in [0.15, 0.2) is 0 Å². The van der Waals surface area contributed by atoms with Crippen molar-refractivity contribution >= 4 is 29.7 Å². The van der Waals surface area contributed by atoms with Gasteiger partial charge in [-0.2, -0.15) is 0 Å². The highest BCUT2D eigenvalue weighted by Gasteiger charge is 2.31. The van der Waals surface area contributed by atoms with E-state index in [-0.39, 0.29) is 6.42 Å². The third-order valence-corrected chi connectivity index (χ3v) is 3.90. The second-order valence-corrected chi connectivity index (χ2v) is 6.56. The monoisotopic (exact) mass is 420 g/mol. The molecule has 13 heteroatoms. The maximum Gasteiger partial charge on any atom is 0.326 e. The molecule has 0 aliphatic carbocycles. The molecule has 29 heavy (non-hydrogen) atoms. The maximum absolute atomic E-state index is 12.3. The van der Waals surface area contributed by atoms with Crippen molar-refractivity contribution in [1.29, 1.82) is 0 Å². The van der Waals surface area contributed by atoms with Crippen molar-refractivity contribution in [2.24, 2.45) is 5.73 Å². The quantitative estimate of drug-likeness (QED) is 0.155. The van der Waals surface area contributed by atoms with Crippen LogP contribution in [0.25, 0.3) is 0 Å². The molecule has 166 valence electrons. The predicted molar refractivity (Wildman–Crippen MR) is 97.3 cm³/mol. The fourth-order valence-electron chi connectivity index (χ4n) is 2.06. The molecule has 0 spiro atoms. The summed E-state index contributed by atoms with van der Waals surface area (Å²) in [6.07, 6.45) is -3.44. The summed E-state index contributed by atoms with van der Waals surface area (Å²) in [5.74, 6) is -5.45. The van der Waals surface area contributed by atoms with Gasteiger partial charge in [0.25, 0.3) is 0 Å². The van der Waals surface area contributed by atoms with Crippen molar-refractivity contribution in [3.05, 3.63) is 0 Å². The zero-order chi connectivity index (χ0) is 22.9. The van der Waals surface area contributed by atoms with Crippen LogP contribution in [0.1, 0.15) is 33.6 Å². The molecular weight excluding hydrogens is 392 g/mol. The Bertz CT molecular complexity index is 624. The van der Waals surface area contributed by atoms with Crippen LogP contribution in [0.4, 0.5) is 0 Å². The van der Waals surface area contributed by atoms with E-state index in [1.165, 1.54) is 20.8 Å². The Hall–Kier alpha value is -2.77. The number of aliphatic carboxylic acids is 2. The van der Waals surface area contributed by atoms with Crippen LogP contribution < -0.4 is 21.7 Å². The molecule has 0 fully saturated rings. The smallest absolute Gasteiger partial charge is 0.326 e. The van der Waals surface area contributed by atoms with E-state index in [0.29, 0.717) is 0 Å². The van der Waals surface area contributed by atoms with Crippen LogP contribution in [0.5, 0.6) is 0 Å². The lowest BCUT2D eigenvalue weighted by atomic mass is 10.1. The second-order valence-electron chi connectivity index (χ2n) is 6.56. The summed E-state index contributed by atoms with van der Waals surface area (Å²) < 4.78 is 0. The van der Waals surface area contributed by atoms with Gasteiger partial charge in [0, 0.05) is 6.42 Å².